The Kier molecular flexibility index (Phi) is 4.39. The summed E-state index contributed by atoms with van der Waals surface area (Å²) in [4.78, 5) is 11.9. The second-order valence-corrected chi connectivity index (χ2v) is 7.12. The molecule has 1 heterocycles. The van der Waals surface area contributed by atoms with Crippen LogP contribution in [0.3, 0.4) is 0 Å². The van der Waals surface area contributed by atoms with E-state index in [9.17, 15) is 20.1 Å². The maximum absolute atomic E-state index is 11.9. The second-order valence-electron chi connectivity index (χ2n) is 6.20. The molecule has 7 heteroatoms. The lowest BCUT2D eigenvalue weighted by atomic mass is 9.92. The zero-order valence-corrected chi connectivity index (χ0v) is 16.3. The standard InChI is InChI=1S/C21H15BrO6/c1-2-27-18-4-3-10(22)5-11(18)21-12-6-14(23)16(25)8-19(12)28-20-9-17(26)15(24)7-13(20)21/h3-9,23-25H,2H2,1H3. The smallest absolute Gasteiger partial charge is 0.223 e. The van der Waals surface area contributed by atoms with Crippen molar-refractivity contribution in [2.45, 2.75) is 6.92 Å². The van der Waals surface area contributed by atoms with Crippen LogP contribution in [0.5, 0.6) is 23.0 Å². The van der Waals surface area contributed by atoms with Crippen molar-refractivity contribution in [3.8, 4) is 45.4 Å². The van der Waals surface area contributed by atoms with Gasteiger partial charge in [-0.3, -0.25) is 4.79 Å². The number of benzene rings is 3. The molecule has 28 heavy (non-hydrogen) atoms. The normalized spacial score (nSPS) is 11.2. The Hall–Kier alpha value is -3.19. The molecule has 0 saturated heterocycles. The number of hydrogen-bond acceptors (Lipinski definition) is 6. The minimum atomic E-state index is -0.580. The van der Waals surface area contributed by atoms with E-state index in [0.29, 0.717) is 34.4 Å². The quantitative estimate of drug-likeness (QED) is 0.310. The summed E-state index contributed by atoms with van der Waals surface area (Å²) in [5.41, 5.74) is 1.42. The van der Waals surface area contributed by atoms with E-state index in [0.717, 1.165) is 4.47 Å². The van der Waals surface area contributed by atoms with E-state index in [4.69, 9.17) is 9.15 Å². The van der Waals surface area contributed by atoms with Crippen LogP contribution in [0.15, 0.2) is 56.1 Å². The number of halogens is 1. The highest BCUT2D eigenvalue weighted by molar-refractivity contribution is 9.10. The van der Waals surface area contributed by atoms with Crippen molar-refractivity contribution in [1.29, 1.82) is 0 Å². The average molecular weight is 443 g/mol. The molecule has 0 aromatic heterocycles. The molecular weight excluding hydrogens is 428 g/mol. The maximum atomic E-state index is 11.9. The molecule has 142 valence electrons. The summed E-state index contributed by atoms with van der Waals surface area (Å²) >= 11 is 3.46. The van der Waals surface area contributed by atoms with Gasteiger partial charge in [0.2, 0.25) is 5.43 Å². The maximum Gasteiger partial charge on any atom is 0.223 e. The van der Waals surface area contributed by atoms with Crippen LogP contribution in [-0.2, 0) is 0 Å². The topological polar surface area (TPSA) is 100 Å². The van der Waals surface area contributed by atoms with Crippen LogP contribution in [0.1, 0.15) is 6.92 Å². The van der Waals surface area contributed by atoms with E-state index in [2.05, 4.69) is 15.9 Å². The van der Waals surface area contributed by atoms with E-state index >= 15 is 0 Å². The van der Waals surface area contributed by atoms with Crippen molar-refractivity contribution in [2.75, 3.05) is 6.61 Å². The summed E-state index contributed by atoms with van der Waals surface area (Å²) < 4.78 is 12.3. The zero-order valence-electron chi connectivity index (χ0n) is 14.7. The number of phenolic OH excluding ortho intramolecular Hbond substituents is 3. The molecule has 3 N–H and O–H groups in total. The first-order valence-electron chi connectivity index (χ1n) is 8.47. The number of fused-ring (bicyclic) bond motifs is 2. The first-order valence-corrected chi connectivity index (χ1v) is 9.26. The SMILES string of the molecule is CCOc1ccc(Br)cc1-c1c2cc(O)c(=O)cc-2oc2cc(O)c(O)cc12. The Balaban J connectivity index is 2.23. The van der Waals surface area contributed by atoms with Crippen LogP contribution in [0, 0.1) is 0 Å². The second kappa shape index (κ2) is 6.76. The molecule has 0 bridgehead atoms. The van der Waals surface area contributed by atoms with Crippen molar-refractivity contribution in [2.24, 2.45) is 0 Å². The van der Waals surface area contributed by atoms with Crippen LogP contribution in [-0.4, -0.2) is 21.9 Å². The fourth-order valence-electron chi connectivity index (χ4n) is 3.20. The highest BCUT2D eigenvalue weighted by Gasteiger charge is 2.23. The monoisotopic (exact) mass is 442 g/mol. The molecule has 2 aromatic rings. The van der Waals surface area contributed by atoms with Crippen molar-refractivity contribution in [3.05, 3.63) is 57.2 Å². The molecule has 0 saturated carbocycles. The number of rotatable bonds is 3. The van der Waals surface area contributed by atoms with E-state index in [1.165, 1.54) is 24.3 Å². The molecule has 0 atom stereocenters. The largest absolute Gasteiger partial charge is 0.504 e. The lowest BCUT2D eigenvalue weighted by molar-refractivity contribution is 0.341. The first kappa shape index (κ1) is 18.2. The summed E-state index contributed by atoms with van der Waals surface area (Å²) in [5, 5.41) is 30.4. The molecule has 1 aliphatic carbocycles. The molecule has 1 aliphatic heterocycles. The molecule has 0 radical (unpaired) electrons. The Morgan fingerprint density at radius 1 is 0.964 bits per heavy atom. The third kappa shape index (κ3) is 2.93. The Morgan fingerprint density at radius 3 is 2.46 bits per heavy atom. The third-order valence-corrected chi connectivity index (χ3v) is 4.90. The zero-order chi connectivity index (χ0) is 20.0. The highest BCUT2D eigenvalue weighted by Crippen LogP contribution is 2.46. The fourth-order valence-corrected chi connectivity index (χ4v) is 3.56. The number of aromatic hydroxyl groups is 3. The summed E-state index contributed by atoms with van der Waals surface area (Å²) in [6.07, 6.45) is 0. The Bertz CT molecular complexity index is 1240. The third-order valence-electron chi connectivity index (χ3n) is 4.41. The van der Waals surface area contributed by atoms with Crippen molar-refractivity contribution < 1.29 is 24.5 Å². The van der Waals surface area contributed by atoms with Crippen molar-refractivity contribution in [1.82, 2.24) is 0 Å². The van der Waals surface area contributed by atoms with Gasteiger partial charge in [0.15, 0.2) is 17.2 Å². The number of ether oxygens (including phenoxy) is 1. The van der Waals surface area contributed by atoms with Gasteiger partial charge in [0.1, 0.15) is 17.1 Å². The van der Waals surface area contributed by atoms with Crippen LogP contribution in [0.25, 0.3) is 33.4 Å². The summed E-state index contributed by atoms with van der Waals surface area (Å²) in [6.45, 7) is 2.30. The molecule has 2 aliphatic rings. The lowest BCUT2D eigenvalue weighted by Gasteiger charge is -2.18. The minimum Gasteiger partial charge on any atom is -0.504 e. The molecule has 0 amide bonds. The first-order chi connectivity index (χ1) is 13.4. The van der Waals surface area contributed by atoms with E-state index in [-0.39, 0.29) is 22.8 Å². The molecular formula is C21H15BrO6. The molecule has 0 unspecified atom stereocenters. The molecule has 2 aromatic carbocycles. The molecule has 6 nitrogen and oxygen atoms in total. The van der Waals surface area contributed by atoms with E-state index in [1.54, 1.807) is 6.07 Å². The van der Waals surface area contributed by atoms with Gasteiger partial charge in [-0.15, -0.1) is 0 Å². The van der Waals surface area contributed by atoms with Gasteiger partial charge in [0.05, 0.1) is 6.61 Å². The van der Waals surface area contributed by atoms with E-state index in [1.807, 2.05) is 19.1 Å². The predicted octanol–water partition coefficient (Wildman–Crippen LogP) is 4.84. The summed E-state index contributed by atoms with van der Waals surface area (Å²) in [6, 6.07) is 10.7. The average Bonchev–Trinajstić information content (AvgIpc) is 2.64. The van der Waals surface area contributed by atoms with Crippen molar-refractivity contribution >= 4 is 26.9 Å². The number of hydrogen-bond donors (Lipinski definition) is 3. The van der Waals surface area contributed by atoms with Crippen LogP contribution in [0.2, 0.25) is 0 Å². The van der Waals surface area contributed by atoms with Gasteiger partial charge in [0, 0.05) is 38.7 Å². The Morgan fingerprint density at radius 2 is 1.71 bits per heavy atom. The van der Waals surface area contributed by atoms with Crippen LogP contribution >= 0.6 is 15.9 Å². The number of phenols is 3. The lowest BCUT2D eigenvalue weighted by Crippen LogP contribution is -2.02. The van der Waals surface area contributed by atoms with Gasteiger partial charge < -0.3 is 24.5 Å². The van der Waals surface area contributed by atoms with Crippen LogP contribution in [0.4, 0.5) is 0 Å². The predicted molar refractivity (Wildman–Crippen MR) is 108 cm³/mol. The molecule has 4 rings (SSSR count). The van der Waals surface area contributed by atoms with Gasteiger partial charge in [-0.05, 0) is 37.3 Å². The minimum absolute atomic E-state index is 0.234. The summed E-state index contributed by atoms with van der Waals surface area (Å²) in [5.74, 6) is -0.266. The highest BCUT2D eigenvalue weighted by atomic mass is 79.9. The van der Waals surface area contributed by atoms with Gasteiger partial charge in [0.25, 0.3) is 0 Å². The van der Waals surface area contributed by atoms with Crippen LogP contribution < -0.4 is 10.2 Å². The Labute approximate surface area is 167 Å². The summed E-state index contributed by atoms with van der Waals surface area (Å²) in [7, 11) is 0. The van der Waals surface area contributed by atoms with Gasteiger partial charge in [-0.1, -0.05) is 15.9 Å². The van der Waals surface area contributed by atoms with Gasteiger partial charge in [-0.25, -0.2) is 0 Å². The fraction of sp³-hybridized carbons (Fsp3) is 0.0952. The van der Waals surface area contributed by atoms with Gasteiger partial charge >= 0.3 is 0 Å². The molecule has 0 fully saturated rings. The molecule has 0 spiro atoms. The van der Waals surface area contributed by atoms with E-state index < -0.39 is 11.2 Å². The van der Waals surface area contributed by atoms with Crippen molar-refractivity contribution in [3.63, 3.8) is 0 Å². The van der Waals surface area contributed by atoms with Gasteiger partial charge in [-0.2, -0.15) is 0 Å².